The molecule has 98 valence electrons. The predicted octanol–water partition coefficient (Wildman–Crippen LogP) is 2.19. The van der Waals surface area contributed by atoms with Crippen LogP contribution in [0.5, 0.6) is 0 Å². The van der Waals surface area contributed by atoms with Crippen LogP contribution in [0.4, 0.5) is 11.4 Å². The summed E-state index contributed by atoms with van der Waals surface area (Å²) in [5, 5.41) is 19.9. The number of anilines is 1. The summed E-state index contributed by atoms with van der Waals surface area (Å²) in [5.41, 5.74) is 1.86. The Kier molecular flexibility index (Phi) is 3.28. The largest absolute Gasteiger partial charge is 0.321 e. The zero-order valence-electron chi connectivity index (χ0n) is 10.4. The van der Waals surface area contributed by atoms with Crippen molar-refractivity contribution in [2.45, 2.75) is 13.8 Å². The first kappa shape index (κ1) is 12.7. The Balaban J connectivity index is 2.30. The molecule has 1 aromatic carbocycles. The molecule has 0 aliphatic carbocycles. The number of nitro benzene ring substituents is 1. The van der Waals surface area contributed by atoms with Crippen molar-refractivity contribution in [2.75, 3.05) is 5.32 Å². The lowest BCUT2D eigenvalue weighted by Crippen LogP contribution is -2.13. The molecular formula is C12H12N4O3. The summed E-state index contributed by atoms with van der Waals surface area (Å²) in [5.74, 6) is -0.352. The van der Waals surface area contributed by atoms with E-state index in [-0.39, 0.29) is 11.6 Å². The van der Waals surface area contributed by atoms with E-state index in [0.29, 0.717) is 22.5 Å². The second-order valence-corrected chi connectivity index (χ2v) is 4.07. The number of rotatable bonds is 3. The molecule has 0 saturated carbocycles. The van der Waals surface area contributed by atoms with Gasteiger partial charge in [-0.3, -0.25) is 20.0 Å². The first-order chi connectivity index (χ1) is 9.00. The van der Waals surface area contributed by atoms with Crippen molar-refractivity contribution in [3.8, 4) is 0 Å². The van der Waals surface area contributed by atoms with Crippen molar-refractivity contribution < 1.29 is 9.72 Å². The minimum atomic E-state index is -0.478. The topological polar surface area (TPSA) is 101 Å². The smallest absolute Gasteiger partial charge is 0.274 e. The van der Waals surface area contributed by atoms with Crippen molar-refractivity contribution in [3.05, 3.63) is 51.3 Å². The van der Waals surface area contributed by atoms with Crippen LogP contribution in [-0.2, 0) is 0 Å². The SMILES string of the molecule is Cc1[nH]ncc1C(=O)Nc1cccc([N+](=O)[O-])c1C. The van der Waals surface area contributed by atoms with Gasteiger partial charge in [0.05, 0.1) is 27.9 Å². The lowest BCUT2D eigenvalue weighted by atomic mass is 10.1. The summed E-state index contributed by atoms with van der Waals surface area (Å²) in [7, 11) is 0. The highest BCUT2D eigenvalue weighted by Crippen LogP contribution is 2.25. The lowest BCUT2D eigenvalue weighted by Gasteiger charge is -2.07. The van der Waals surface area contributed by atoms with Gasteiger partial charge in [0.25, 0.3) is 11.6 Å². The number of carbonyl (C=O) groups excluding carboxylic acids is 1. The molecule has 0 bridgehead atoms. The summed E-state index contributed by atoms with van der Waals surface area (Å²) in [6.07, 6.45) is 1.41. The fraction of sp³-hybridized carbons (Fsp3) is 0.167. The highest BCUT2D eigenvalue weighted by Gasteiger charge is 2.16. The van der Waals surface area contributed by atoms with Gasteiger partial charge in [0.1, 0.15) is 0 Å². The standard InChI is InChI=1S/C12H12N4O3/c1-7-10(4-3-5-11(7)16(18)19)14-12(17)9-6-13-15-8(9)2/h3-6H,1-2H3,(H,13,15)(H,14,17). The number of aromatic nitrogens is 2. The number of amides is 1. The molecule has 0 unspecified atom stereocenters. The molecule has 0 saturated heterocycles. The zero-order chi connectivity index (χ0) is 14.0. The number of H-pyrrole nitrogens is 1. The highest BCUT2D eigenvalue weighted by atomic mass is 16.6. The summed E-state index contributed by atoms with van der Waals surface area (Å²) in [6.45, 7) is 3.32. The molecule has 0 fully saturated rings. The van der Waals surface area contributed by atoms with E-state index in [4.69, 9.17) is 0 Å². The van der Waals surface area contributed by atoms with Crippen LogP contribution in [0, 0.1) is 24.0 Å². The Labute approximate surface area is 108 Å². The third-order valence-electron chi connectivity index (χ3n) is 2.82. The van der Waals surface area contributed by atoms with Crippen molar-refractivity contribution in [1.82, 2.24) is 10.2 Å². The van der Waals surface area contributed by atoms with Crippen LogP contribution in [0.25, 0.3) is 0 Å². The number of nitrogens with zero attached hydrogens (tertiary/aromatic N) is 2. The lowest BCUT2D eigenvalue weighted by molar-refractivity contribution is -0.385. The number of carbonyl (C=O) groups is 1. The average Bonchev–Trinajstić information content (AvgIpc) is 2.77. The minimum Gasteiger partial charge on any atom is -0.321 e. The van der Waals surface area contributed by atoms with E-state index in [1.165, 1.54) is 18.3 Å². The summed E-state index contributed by atoms with van der Waals surface area (Å²) in [6, 6.07) is 4.55. The Morgan fingerprint density at radius 1 is 1.42 bits per heavy atom. The van der Waals surface area contributed by atoms with Gasteiger partial charge in [-0.2, -0.15) is 5.10 Å². The molecule has 0 spiro atoms. The van der Waals surface area contributed by atoms with E-state index in [0.717, 1.165) is 0 Å². The van der Waals surface area contributed by atoms with E-state index in [1.807, 2.05) is 0 Å². The maximum absolute atomic E-state index is 12.0. The molecule has 19 heavy (non-hydrogen) atoms. The molecule has 7 nitrogen and oxygen atoms in total. The maximum atomic E-state index is 12.0. The van der Waals surface area contributed by atoms with Crippen LogP contribution in [0.1, 0.15) is 21.6 Å². The van der Waals surface area contributed by atoms with Gasteiger partial charge in [-0.1, -0.05) is 6.07 Å². The number of aromatic amines is 1. The predicted molar refractivity (Wildman–Crippen MR) is 69.1 cm³/mol. The Hall–Kier alpha value is -2.70. The molecule has 1 amide bonds. The van der Waals surface area contributed by atoms with Gasteiger partial charge in [-0.25, -0.2) is 0 Å². The number of benzene rings is 1. The number of hydrogen-bond acceptors (Lipinski definition) is 4. The molecular weight excluding hydrogens is 248 g/mol. The second kappa shape index (κ2) is 4.89. The molecule has 7 heteroatoms. The number of aryl methyl sites for hydroxylation is 1. The third kappa shape index (κ3) is 2.44. The van der Waals surface area contributed by atoms with Crippen molar-refractivity contribution in [1.29, 1.82) is 0 Å². The highest BCUT2D eigenvalue weighted by molar-refractivity contribution is 6.05. The maximum Gasteiger partial charge on any atom is 0.274 e. The number of nitrogens with one attached hydrogen (secondary N) is 2. The minimum absolute atomic E-state index is 0.0262. The van der Waals surface area contributed by atoms with Crippen LogP contribution in [0.15, 0.2) is 24.4 Å². The second-order valence-electron chi connectivity index (χ2n) is 4.07. The van der Waals surface area contributed by atoms with Crippen molar-refractivity contribution in [2.24, 2.45) is 0 Å². The van der Waals surface area contributed by atoms with Gasteiger partial charge >= 0.3 is 0 Å². The zero-order valence-corrected chi connectivity index (χ0v) is 10.4. The number of nitro groups is 1. The van der Waals surface area contributed by atoms with Gasteiger partial charge < -0.3 is 5.32 Å². The van der Waals surface area contributed by atoms with E-state index >= 15 is 0 Å². The molecule has 0 aliphatic heterocycles. The van der Waals surface area contributed by atoms with E-state index in [1.54, 1.807) is 19.9 Å². The van der Waals surface area contributed by atoms with Crippen molar-refractivity contribution in [3.63, 3.8) is 0 Å². The molecule has 0 aliphatic rings. The average molecular weight is 260 g/mol. The molecule has 0 atom stereocenters. The van der Waals surface area contributed by atoms with E-state index in [2.05, 4.69) is 15.5 Å². The van der Waals surface area contributed by atoms with Gasteiger partial charge in [0.2, 0.25) is 0 Å². The van der Waals surface area contributed by atoms with E-state index in [9.17, 15) is 14.9 Å². The van der Waals surface area contributed by atoms with Crippen molar-refractivity contribution >= 4 is 17.3 Å². The molecule has 0 radical (unpaired) electrons. The first-order valence-electron chi connectivity index (χ1n) is 5.56. The normalized spacial score (nSPS) is 10.2. The van der Waals surface area contributed by atoms with Gasteiger partial charge in [-0.15, -0.1) is 0 Å². The molecule has 1 aromatic heterocycles. The fourth-order valence-corrected chi connectivity index (χ4v) is 1.73. The van der Waals surface area contributed by atoms with Gasteiger partial charge in [0.15, 0.2) is 0 Å². The summed E-state index contributed by atoms with van der Waals surface area (Å²) in [4.78, 5) is 22.3. The van der Waals surface area contributed by atoms with Crippen LogP contribution in [0.2, 0.25) is 0 Å². The Morgan fingerprint density at radius 3 is 2.74 bits per heavy atom. The monoisotopic (exact) mass is 260 g/mol. The quantitative estimate of drug-likeness (QED) is 0.652. The first-order valence-corrected chi connectivity index (χ1v) is 5.56. The molecule has 1 heterocycles. The third-order valence-corrected chi connectivity index (χ3v) is 2.82. The Bertz CT molecular complexity index is 648. The summed E-state index contributed by atoms with van der Waals surface area (Å²) >= 11 is 0. The van der Waals surface area contributed by atoms with Gasteiger partial charge in [-0.05, 0) is 19.9 Å². The van der Waals surface area contributed by atoms with Gasteiger partial charge in [0, 0.05) is 11.8 Å². The molecule has 2 rings (SSSR count). The fourth-order valence-electron chi connectivity index (χ4n) is 1.73. The van der Waals surface area contributed by atoms with Crippen LogP contribution < -0.4 is 5.32 Å². The molecule has 2 aromatic rings. The van der Waals surface area contributed by atoms with E-state index < -0.39 is 4.92 Å². The summed E-state index contributed by atoms with van der Waals surface area (Å²) < 4.78 is 0. The van der Waals surface area contributed by atoms with Crippen LogP contribution in [0.3, 0.4) is 0 Å². The van der Waals surface area contributed by atoms with Crippen LogP contribution in [-0.4, -0.2) is 21.0 Å². The molecule has 2 N–H and O–H groups in total. The van der Waals surface area contributed by atoms with Crippen LogP contribution >= 0.6 is 0 Å². The Morgan fingerprint density at radius 2 is 2.16 bits per heavy atom. The number of hydrogen-bond donors (Lipinski definition) is 2.